The maximum Gasteiger partial charge on any atom is 0.308 e. The normalized spacial score (nSPS) is 21.6. The van der Waals surface area contributed by atoms with Crippen molar-refractivity contribution < 1.29 is 23.5 Å². The van der Waals surface area contributed by atoms with E-state index in [1.807, 2.05) is 6.92 Å². The topological polar surface area (TPSA) is 70.8 Å². The van der Waals surface area contributed by atoms with Crippen molar-refractivity contribution in [3.8, 4) is 0 Å². The fourth-order valence-corrected chi connectivity index (χ4v) is 3.12. The second kappa shape index (κ2) is 5.68. The first kappa shape index (κ1) is 15.5. The van der Waals surface area contributed by atoms with Gasteiger partial charge in [-0.05, 0) is 44.9 Å². The number of hydrogen-bond acceptors (Lipinski definition) is 3. The molecule has 1 amide bonds. The molecule has 1 N–H and O–H groups in total. The van der Waals surface area contributed by atoms with Crippen LogP contribution in [0.25, 0.3) is 11.0 Å². The summed E-state index contributed by atoms with van der Waals surface area (Å²) in [5, 5.41) is 9.75. The van der Waals surface area contributed by atoms with Gasteiger partial charge in [0.2, 0.25) is 0 Å². The largest absolute Gasteiger partial charge is 0.481 e. The molecule has 6 heteroatoms. The molecule has 1 aliphatic heterocycles. The number of amides is 1. The highest BCUT2D eigenvalue weighted by Gasteiger charge is 2.35. The number of rotatable bonds is 2. The van der Waals surface area contributed by atoms with Gasteiger partial charge in [-0.25, -0.2) is 4.39 Å². The maximum atomic E-state index is 13.4. The fourth-order valence-electron chi connectivity index (χ4n) is 3.12. The number of furan rings is 1. The van der Waals surface area contributed by atoms with E-state index in [4.69, 9.17) is 4.42 Å². The number of aryl methyl sites for hydroxylation is 1. The van der Waals surface area contributed by atoms with E-state index in [9.17, 15) is 19.1 Å². The third-order valence-corrected chi connectivity index (χ3v) is 4.58. The number of hydrogen-bond donors (Lipinski definition) is 1. The summed E-state index contributed by atoms with van der Waals surface area (Å²) in [6.07, 6.45) is 1.20. The molecule has 1 aliphatic rings. The zero-order chi connectivity index (χ0) is 16.7. The van der Waals surface area contributed by atoms with Crippen molar-refractivity contribution in [2.24, 2.45) is 5.92 Å². The van der Waals surface area contributed by atoms with Crippen LogP contribution < -0.4 is 0 Å². The molecule has 0 bridgehead atoms. The van der Waals surface area contributed by atoms with Crippen LogP contribution in [0.5, 0.6) is 0 Å². The van der Waals surface area contributed by atoms with E-state index in [1.165, 1.54) is 18.2 Å². The van der Waals surface area contributed by atoms with Gasteiger partial charge in [-0.15, -0.1) is 0 Å². The van der Waals surface area contributed by atoms with Gasteiger partial charge in [0.1, 0.15) is 11.4 Å². The van der Waals surface area contributed by atoms with Crippen LogP contribution in [-0.2, 0) is 4.79 Å². The minimum atomic E-state index is -0.891. The summed E-state index contributed by atoms with van der Waals surface area (Å²) in [6.45, 7) is 3.77. The average molecular weight is 319 g/mol. The molecule has 122 valence electrons. The monoisotopic (exact) mass is 319 g/mol. The summed E-state index contributed by atoms with van der Waals surface area (Å²) in [6, 6.07) is 4.06. The molecule has 0 saturated carbocycles. The lowest BCUT2D eigenvalue weighted by atomic mass is 9.93. The van der Waals surface area contributed by atoms with Gasteiger partial charge in [-0.3, -0.25) is 9.59 Å². The van der Waals surface area contributed by atoms with Crippen molar-refractivity contribution in [1.82, 2.24) is 4.90 Å². The van der Waals surface area contributed by atoms with Gasteiger partial charge in [0, 0.05) is 23.5 Å². The summed E-state index contributed by atoms with van der Waals surface area (Å²) in [5.74, 6) is -2.02. The molecule has 0 spiro atoms. The van der Waals surface area contributed by atoms with Crippen molar-refractivity contribution >= 4 is 22.8 Å². The first-order valence-electron chi connectivity index (χ1n) is 7.61. The molecule has 2 aromatic rings. The number of piperidine rings is 1. The highest BCUT2D eigenvalue weighted by atomic mass is 19.1. The number of halogens is 1. The average Bonchev–Trinajstić information content (AvgIpc) is 2.83. The number of aliphatic carboxylic acids is 1. The molecule has 2 heterocycles. The molecular formula is C17H18FNO4. The van der Waals surface area contributed by atoms with Crippen LogP contribution in [0.15, 0.2) is 22.6 Å². The number of benzene rings is 1. The van der Waals surface area contributed by atoms with Gasteiger partial charge >= 0.3 is 5.97 Å². The molecule has 2 atom stereocenters. The molecule has 5 nitrogen and oxygen atoms in total. The predicted molar refractivity (Wildman–Crippen MR) is 81.8 cm³/mol. The third-order valence-electron chi connectivity index (χ3n) is 4.58. The van der Waals surface area contributed by atoms with Gasteiger partial charge < -0.3 is 14.4 Å². The smallest absolute Gasteiger partial charge is 0.308 e. The summed E-state index contributed by atoms with van der Waals surface area (Å²) >= 11 is 0. The van der Waals surface area contributed by atoms with Crippen LogP contribution in [0.1, 0.15) is 35.9 Å². The number of nitrogens with zero attached hydrogens (tertiary/aromatic N) is 1. The van der Waals surface area contributed by atoms with E-state index < -0.39 is 17.7 Å². The zero-order valence-corrected chi connectivity index (χ0v) is 13.0. The second-order valence-corrected chi connectivity index (χ2v) is 6.12. The number of carbonyl (C=O) groups is 2. The Kier molecular flexibility index (Phi) is 3.83. The molecule has 0 aliphatic carbocycles. The number of carboxylic acids is 1. The Morgan fingerprint density at radius 1 is 1.35 bits per heavy atom. The van der Waals surface area contributed by atoms with Crippen molar-refractivity contribution in [3.05, 3.63) is 35.3 Å². The van der Waals surface area contributed by atoms with E-state index in [0.717, 1.165) is 0 Å². The minimum Gasteiger partial charge on any atom is -0.481 e. The van der Waals surface area contributed by atoms with E-state index in [1.54, 1.807) is 11.8 Å². The van der Waals surface area contributed by atoms with Gasteiger partial charge in [0.15, 0.2) is 5.76 Å². The molecule has 23 heavy (non-hydrogen) atoms. The van der Waals surface area contributed by atoms with Gasteiger partial charge in [0.05, 0.1) is 5.92 Å². The molecule has 1 fully saturated rings. The molecule has 1 aromatic carbocycles. The SMILES string of the molecule is Cc1c(C(=O)N2CC(C(=O)O)CCC2C)oc2ccc(F)cc12. The van der Waals surface area contributed by atoms with Crippen LogP contribution in [0.4, 0.5) is 4.39 Å². The number of likely N-dealkylation sites (tertiary alicyclic amines) is 1. The van der Waals surface area contributed by atoms with Crippen LogP contribution in [-0.4, -0.2) is 34.5 Å². The third kappa shape index (κ3) is 2.69. The Morgan fingerprint density at radius 2 is 2.09 bits per heavy atom. The predicted octanol–water partition coefficient (Wildman–Crippen LogP) is 3.21. The molecule has 1 aromatic heterocycles. The second-order valence-electron chi connectivity index (χ2n) is 6.12. The minimum absolute atomic E-state index is 0.0533. The Labute approximate surface area is 132 Å². The molecular weight excluding hydrogens is 301 g/mol. The molecule has 0 radical (unpaired) electrons. The Hall–Kier alpha value is -2.37. The van der Waals surface area contributed by atoms with Gasteiger partial charge in [0.25, 0.3) is 5.91 Å². The van der Waals surface area contributed by atoms with Crippen molar-refractivity contribution in [2.75, 3.05) is 6.54 Å². The lowest BCUT2D eigenvalue weighted by molar-refractivity contribution is -0.143. The van der Waals surface area contributed by atoms with E-state index in [-0.39, 0.29) is 24.3 Å². The van der Waals surface area contributed by atoms with Crippen LogP contribution in [0.2, 0.25) is 0 Å². The summed E-state index contributed by atoms with van der Waals surface area (Å²) in [7, 11) is 0. The fraction of sp³-hybridized carbons (Fsp3) is 0.412. The number of fused-ring (bicyclic) bond motifs is 1. The van der Waals surface area contributed by atoms with E-state index >= 15 is 0 Å². The highest BCUT2D eigenvalue weighted by molar-refractivity contribution is 5.99. The van der Waals surface area contributed by atoms with Crippen LogP contribution in [0, 0.1) is 18.7 Å². The zero-order valence-electron chi connectivity index (χ0n) is 13.0. The Morgan fingerprint density at radius 3 is 2.78 bits per heavy atom. The summed E-state index contributed by atoms with van der Waals surface area (Å²) in [5.41, 5.74) is 1.03. The van der Waals surface area contributed by atoms with E-state index in [2.05, 4.69) is 0 Å². The maximum absolute atomic E-state index is 13.4. The molecule has 2 unspecified atom stereocenters. The molecule has 1 saturated heterocycles. The standard InChI is InChI=1S/C17H18FNO4/c1-9-3-4-11(17(21)22)8-19(9)16(20)15-10(2)13-7-12(18)5-6-14(13)23-15/h5-7,9,11H,3-4,8H2,1-2H3,(H,21,22). The number of carboxylic acid groups (broad SMARTS) is 1. The first-order valence-corrected chi connectivity index (χ1v) is 7.61. The summed E-state index contributed by atoms with van der Waals surface area (Å²) in [4.78, 5) is 25.6. The van der Waals surface area contributed by atoms with Crippen molar-refractivity contribution in [3.63, 3.8) is 0 Å². The quantitative estimate of drug-likeness (QED) is 0.922. The van der Waals surface area contributed by atoms with Gasteiger partial charge in [-0.1, -0.05) is 0 Å². The lowest BCUT2D eigenvalue weighted by Gasteiger charge is -2.36. The number of carbonyl (C=O) groups excluding carboxylic acids is 1. The highest BCUT2D eigenvalue weighted by Crippen LogP contribution is 2.30. The summed E-state index contributed by atoms with van der Waals surface area (Å²) < 4.78 is 19.0. The molecule has 3 rings (SSSR count). The van der Waals surface area contributed by atoms with Crippen molar-refractivity contribution in [1.29, 1.82) is 0 Å². The van der Waals surface area contributed by atoms with Crippen molar-refractivity contribution in [2.45, 2.75) is 32.7 Å². The Balaban J connectivity index is 1.96. The lowest BCUT2D eigenvalue weighted by Crippen LogP contribution is -2.47. The first-order chi connectivity index (χ1) is 10.9. The van der Waals surface area contributed by atoms with Gasteiger partial charge in [-0.2, -0.15) is 0 Å². The van der Waals surface area contributed by atoms with Crippen LogP contribution in [0.3, 0.4) is 0 Å². The van der Waals surface area contributed by atoms with Crippen LogP contribution >= 0.6 is 0 Å². The van der Waals surface area contributed by atoms with E-state index in [0.29, 0.717) is 29.4 Å². The Bertz CT molecular complexity index is 782.